The van der Waals surface area contributed by atoms with Gasteiger partial charge in [0.2, 0.25) is 10.0 Å². The number of carbonyl (C=O) groups excluding carboxylic acids is 1. The SMILES string of the molecule is COC(=O)C(NS(=O)(=O)CC#N)c1ccccc1. The van der Waals surface area contributed by atoms with Crippen LogP contribution in [0, 0.1) is 11.3 Å². The molecule has 0 radical (unpaired) electrons. The smallest absolute Gasteiger partial charge is 0.328 e. The molecule has 0 amide bonds. The molecule has 0 heterocycles. The number of carbonyl (C=O) groups is 1. The average molecular weight is 268 g/mol. The summed E-state index contributed by atoms with van der Waals surface area (Å²) < 4.78 is 29.7. The summed E-state index contributed by atoms with van der Waals surface area (Å²) in [5.74, 6) is -1.45. The lowest BCUT2D eigenvalue weighted by molar-refractivity contribution is -0.142. The molecule has 1 aromatic rings. The Morgan fingerprint density at radius 3 is 2.56 bits per heavy atom. The van der Waals surface area contributed by atoms with Crippen molar-refractivity contribution in [3.05, 3.63) is 35.9 Å². The molecule has 0 saturated heterocycles. The first-order chi connectivity index (χ1) is 8.50. The maximum Gasteiger partial charge on any atom is 0.328 e. The summed E-state index contributed by atoms with van der Waals surface area (Å²) in [6, 6.07) is 8.64. The van der Waals surface area contributed by atoms with Crippen LogP contribution in [0.4, 0.5) is 0 Å². The Hall–Kier alpha value is -1.91. The van der Waals surface area contributed by atoms with E-state index in [0.29, 0.717) is 5.56 Å². The lowest BCUT2D eigenvalue weighted by atomic mass is 10.1. The zero-order chi connectivity index (χ0) is 13.6. The van der Waals surface area contributed by atoms with Gasteiger partial charge in [0, 0.05) is 0 Å². The highest BCUT2D eigenvalue weighted by Crippen LogP contribution is 2.15. The van der Waals surface area contributed by atoms with Crippen LogP contribution in [0.3, 0.4) is 0 Å². The quantitative estimate of drug-likeness (QED) is 0.777. The zero-order valence-corrected chi connectivity index (χ0v) is 10.5. The molecule has 1 aromatic carbocycles. The minimum atomic E-state index is -3.85. The van der Waals surface area contributed by atoms with E-state index in [9.17, 15) is 13.2 Å². The van der Waals surface area contributed by atoms with E-state index in [2.05, 4.69) is 9.46 Å². The number of nitriles is 1. The number of sulfonamides is 1. The van der Waals surface area contributed by atoms with Gasteiger partial charge in [-0.05, 0) is 5.56 Å². The topological polar surface area (TPSA) is 96.3 Å². The van der Waals surface area contributed by atoms with Crippen LogP contribution in [0.5, 0.6) is 0 Å². The number of rotatable bonds is 5. The summed E-state index contributed by atoms with van der Waals surface area (Å²) in [6.45, 7) is 0. The van der Waals surface area contributed by atoms with Crippen molar-refractivity contribution in [3.8, 4) is 6.07 Å². The van der Waals surface area contributed by atoms with Crippen LogP contribution in [-0.4, -0.2) is 27.2 Å². The summed E-state index contributed by atoms with van der Waals surface area (Å²) >= 11 is 0. The molecular formula is C11H12N2O4S. The van der Waals surface area contributed by atoms with Crippen molar-refractivity contribution in [2.45, 2.75) is 6.04 Å². The molecule has 1 atom stereocenters. The summed E-state index contributed by atoms with van der Waals surface area (Å²) in [5.41, 5.74) is 0.450. The Morgan fingerprint density at radius 2 is 2.06 bits per heavy atom. The van der Waals surface area contributed by atoms with E-state index in [1.807, 2.05) is 0 Å². The number of ether oxygens (including phenoxy) is 1. The summed E-state index contributed by atoms with van der Waals surface area (Å²) in [7, 11) is -2.68. The predicted molar refractivity (Wildman–Crippen MR) is 63.7 cm³/mol. The molecule has 0 saturated carbocycles. The minimum Gasteiger partial charge on any atom is -0.468 e. The van der Waals surface area contributed by atoms with Gasteiger partial charge in [-0.3, -0.25) is 0 Å². The van der Waals surface area contributed by atoms with Gasteiger partial charge in [0.25, 0.3) is 0 Å². The van der Waals surface area contributed by atoms with Crippen molar-refractivity contribution >= 4 is 16.0 Å². The van der Waals surface area contributed by atoms with Crippen molar-refractivity contribution < 1.29 is 17.9 Å². The van der Waals surface area contributed by atoms with Crippen LogP contribution in [0.15, 0.2) is 30.3 Å². The van der Waals surface area contributed by atoms with E-state index in [1.54, 1.807) is 30.3 Å². The molecule has 0 aliphatic carbocycles. The monoisotopic (exact) mass is 268 g/mol. The second kappa shape index (κ2) is 6.14. The van der Waals surface area contributed by atoms with E-state index in [0.717, 1.165) is 7.11 Å². The Bertz CT molecular complexity index is 548. The van der Waals surface area contributed by atoms with Crippen LogP contribution < -0.4 is 4.72 Å². The number of nitrogens with one attached hydrogen (secondary N) is 1. The highest BCUT2D eigenvalue weighted by Gasteiger charge is 2.26. The molecule has 18 heavy (non-hydrogen) atoms. The number of esters is 1. The standard InChI is InChI=1S/C11H12N2O4S/c1-17-11(14)10(9-5-3-2-4-6-9)13-18(15,16)8-7-12/h2-6,10,13H,8H2,1H3. The maximum atomic E-state index is 11.6. The van der Waals surface area contributed by atoms with Gasteiger partial charge in [-0.1, -0.05) is 30.3 Å². The lowest BCUT2D eigenvalue weighted by Crippen LogP contribution is -2.35. The molecule has 7 heteroatoms. The molecule has 0 aliphatic rings. The molecule has 0 aromatic heterocycles. The molecule has 0 bridgehead atoms. The Labute approximate surface area is 105 Å². The highest BCUT2D eigenvalue weighted by atomic mass is 32.2. The molecule has 6 nitrogen and oxygen atoms in total. The number of nitrogens with zero attached hydrogens (tertiary/aromatic N) is 1. The third-order valence-corrected chi connectivity index (χ3v) is 3.23. The number of hydrogen-bond donors (Lipinski definition) is 1. The van der Waals surface area contributed by atoms with E-state index in [-0.39, 0.29) is 0 Å². The van der Waals surface area contributed by atoms with Gasteiger partial charge in [0.05, 0.1) is 13.2 Å². The maximum absolute atomic E-state index is 11.6. The van der Waals surface area contributed by atoms with Gasteiger partial charge in [0.15, 0.2) is 5.75 Å². The van der Waals surface area contributed by atoms with Crippen LogP contribution in [0.1, 0.15) is 11.6 Å². The van der Waals surface area contributed by atoms with Gasteiger partial charge in [0.1, 0.15) is 6.04 Å². The van der Waals surface area contributed by atoms with Crippen molar-refractivity contribution in [3.63, 3.8) is 0 Å². The molecule has 0 fully saturated rings. The van der Waals surface area contributed by atoms with Crippen molar-refractivity contribution in [2.75, 3.05) is 12.9 Å². The Kier molecular flexibility index (Phi) is 4.83. The molecule has 0 spiro atoms. The third-order valence-electron chi connectivity index (χ3n) is 2.12. The van der Waals surface area contributed by atoms with E-state index in [1.165, 1.54) is 6.07 Å². The van der Waals surface area contributed by atoms with Crippen molar-refractivity contribution in [2.24, 2.45) is 0 Å². The molecule has 1 N–H and O–H groups in total. The fourth-order valence-corrected chi connectivity index (χ4v) is 2.17. The summed E-state index contributed by atoms with van der Waals surface area (Å²) in [5, 5.41) is 8.40. The molecular weight excluding hydrogens is 256 g/mol. The number of hydrogen-bond acceptors (Lipinski definition) is 5. The van der Waals surface area contributed by atoms with E-state index < -0.39 is 27.8 Å². The van der Waals surface area contributed by atoms with Gasteiger partial charge >= 0.3 is 5.97 Å². The average Bonchev–Trinajstić information content (AvgIpc) is 2.36. The highest BCUT2D eigenvalue weighted by molar-refractivity contribution is 7.89. The lowest BCUT2D eigenvalue weighted by Gasteiger charge is -2.15. The van der Waals surface area contributed by atoms with Gasteiger partial charge < -0.3 is 4.74 Å². The van der Waals surface area contributed by atoms with Crippen LogP contribution >= 0.6 is 0 Å². The van der Waals surface area contributed by atoms with Crippen LogP contribution in [0.2, 0.25) is 0 Å². The van der Waals surface area contributed by atoms with Crippen LogP contribution in [-0.2, 0) is 19.6 Å². The summed E-state index contributed by atoms with van der Waals surface area (Å²) in [4.78, 5) is 11.6. The number of methoxy groups -OCH3 is 1. The van der Waals surface area contributed by atoms with Crippen LogP contribution in [0.25, 0.3) is 0 Å². The van der Waals surface area contributed by atoms with E-state index in [4.69, 9.17) is 5.26 Å². The van der Waals surface area contributed by atoms with Crippen molar-refractivity contribution in [1.82, 2.24) is 4.72 Å². The third kappa shape index (κ3) is 3.84. The molecule has 1 unspecified atom stereocenters. The van der Waals surface area contributed by atoms with E-state index >= 15 is 0 Å². The van der Waals surface area contributed by atoms with Gasteiger partial charge in [-0.15, -0.1) is 0 Å². The largest absolute Gasteiger partial charge is 0.468 e. The minimum absolute atomic E-state index is 0.450. The molecule has 1 rings (SSSR count). The van der Waals surface area contributed by atoms with Crippen molar-refractivity contribution in [1.29, 1.82) is 5.26 Å². The van der Waals surface area contributed by atoms with Gasteiger partial charge in [-0.2, -0.15) is 9.98 Å². The first-order valence-electron chi connectivity index (χ1n) is 5.00. The first-order valence-corrected chi connectivity index (χ1v) is 6.65. The zero-order valence-electron chi connectivity index (χ0n) is 9.66. The summed E-state index contributed by atoms with van der Waals surface area (Å²) in [6.07, 6.45) is 0. The fourth-order valence-electron chi connectivity index (χ4n) is 1.32. The second-order valence-corrected chi connectivity index (χ2v) is 5.16. The molecule has 96 valence electrons. The normalized spacial score (nSPS) is 12.4. The fraction of sp³-hybridized carbons (Fsp3) is 0.273. The Balaban J connectivity index is 3.02. The predicted octanol–water partition coefficient (Wildman–Crippen LogP) is 0.344. The Morgan fingerprint density at radius 1 is 1.44 bits per heavy atom. The second-order valence-electron chi connectivity index (χ2n) is 3.40. The first kappa shape index (κ1) is 14.2. The molecule has 0 aliphatic heterocycles. The number of benzene rings is 1. The van der Waals surface area contributed by atoms with Gasteiger partial charge in [-0.25, -0.2) is 13.2 Å².